The molecule has 0 fully saturated rings. The predicted octanol–water partition coefficient (Wildman–Crippen LogP) is 0.0287. The van der Waals surface area contributed by atoms with Crippen LogP contribution in [0, 0.1) is 0 Å². The normalized spacial score (nSPS) is 8.89. The van der Waals surface area contributed by atoms with Crippen molar-refractivity contribution in [3.63, 3.8) is 0 Å². The van der Waals surface area contributed by atoms with Crippen LogP contribution in [0.3, 0.4) is 0 Å². The van der Waals surface area contributed by atoms with Gasteiger partial charge in [-0.1, -0.05) is 11.3 Å². The third-order valence-electron chi connectivity index (χ3n) is 0.590. The van der Waals surface area contributed by atoms with Gasteiger partial charge in [-0.05, 0) is 0 Å². The first kappa shape index (κ1) is 5.96. The van der Waals surface area contributed by atoms with Gasteiger partial charge in [0.1, 0.15) is 5.51 Å². The van der Waals surface area contributed by atoms with E-state index in [1.807, 2.05) is 0 Å². The van der Waals surface area contributed by atoms with Crippen LogP contribution >= 0.6 is 11.3 Å². The zero-order valence-electron chi connectivity index (χ0n) is 4.37. The Morgan fingerprint density at radius 1 is 1.89 bits per heavy atom. The average molecular weight is 144 g/mol. The van der Waals surface area contributed by atoms with Crippen molar-refractivity contribution >= 4 is 22.5 Å². The second kappa shape index (κ2) is 2.40. The van der Waals surface area contributed by atoms with Crippen LogP contribution in [0.4, 0.5) is 9.93 Å². The summed E-state index contributed by atoms with van der Waals surface area (Å²) in [5.74, 6) is 0. The highest BCUT2D eigenvalue weighted by atomic mass is 32.1. The Hall–Kier alpha value is -1.17. The number of rotatable bonds is 1. The summed E-state index contributed by atoms with van der Waals surface area (Å²) in [5, 5.41) is 9.67. The molecule has 0 unspecified atom stereocenters. The van der Waals surface area contributed by atoms with Crippen molar-refractivity contribution < 1.29 is 4.79 Å². The van der Waals surface area contributed by atoms with E-state index in [1.54, 1.807) is 0 Å². The molecule has 6 heteroatoms. The smallest absolute Gasteiger partial charge is 0.318 e. The van der Waals surface area contributed by atoms with Crippen molar-refractivity contribution in [2.75, 3.05) is 5.32 Å². The van der Waals surface area contributed by atoms with E-state index < -0.39 is 6.03 Å². The predicted molar refractivity (Wildman–Crippen MR) is 33.1 cm³/mol. The summed E-state index contributed by atoms with van der Waals surface area (Å²) < 4.78 is 0. The fraction of sp³-hybridized carbons (Fsp3) is 0. The molecule has 48 valence electrons. The highest BCUT2D eigenvalue weighted by molar-refractivity contribution is 7.13. The van der Waals surface area contributed by atoms with Crippen LogP contribution in [0.2, 0.25) is 0 Å². The third kappa shape index (κ3) is 1.65. The molecule has 2 amide bonds. The van der Waals surface area contributed by atoms with Crippen molar-refractivity contribution in [3.8, 4) is 0 Å². The molecule has 1 aromatic rings. The van der Waals surface area contributed by atoms with E-state index >= 15 is 0 Å². The first-order valence-electron chi connectivity index (χ1n) is 2.11. The first-order chi connectivity index (χ1) is 4.29. The van der Waals surface area contributed by atoms with E-state index in [4.69, 9.17) is 5.73 Å². The zero-order valence-corrected chi connectivity index (χ0v) is 5.18. The van der Waals surface area contributed by atoms with Crippen LogP contribution in [-0.4, -0.2) is 16.2 Å². The highest BCUT2D eigenvalue weighted by Crippen LogP contribution is 2.06. The van der Waals surface area contributed by atoms with E-state index in [0.29, 0.717) is 5.13 Å². The molecule has 0 spiro atoms. The Kier molecular flexibility index (Phi) is 1.59. The van der Waals surface area contributed by atoms with Gasteiger partial charge in [0.2, 0.25) is 5.13 Å². The zero-order chi connectivity index (χ0) is 6.69. The SMILES string of the molecule is NC(=O)Nc1nncs1. The Labute approximate surface area is 54.9 Å². The molecule has 1 heterocycles. The summed E-state index contributed by atoms with van der Waals surface area (Å²) in [6.07, 6.45) is 0. The fourth-order valence-electron chi connectivity index (χ4n) is 0.333. The van der Waals surface area contributed by atoms with Gasteiger partial charge in [-0.2, -0.15) is 0 Å². The van der Waals surface area contributed by atoms with Crippen LogP contribution in [0.25, 0.3) is 0 Å². The van der Waals surface area contributed by atoms with Crippen molar-refractivity contribution in [1.29, 1.82) is 0 Å². The summed E-state index contributed by atoms with van der Waals surface area (Å²) in [6.45, 7) is 0. The van der Waals surface area contributed by atoms with Gasteiger partial charge in [0.15, 0.2) is 0 Å². The van der Waals surface area contributed by atoms with Gasteiger partial charge in [0, 0.05) is 0 Å². The van der Waals surface area contributed by atoms with E-state index in [-0.39, 0.29) is 0 Å². The molecule has 0 saturated carbocycles. The quantitative estimate of drug-likeness (QED) is 0.583. The number of carbonyl (C=O) groups excluding carboxylic acids is 1. The minimum atomic E-state index is -0.619. The molecular formula is C3H4N4OS. The molecule has 5 nitrogen and oxygen atoms in total. The van der Waals surface area contributed by atoms with Crippen LogP contribution in [0.5, 0.6) is 0 Å². The second-order valence-electron chi connectivity index (χ2n) is 1.23. The van der Waals surface area contributed by atoms with Gasteiger partial charge < -0.3 is 5.73 Å². The molecule has 0 aliphatic rings. The summed E-state index contributed by atoms with van der Waals surface area (Å²) in [6, 6.07) is -0.619. The molecule has 9 heavy (non-hydrogen) atoms. The summed E-state index contributed by atoms with van der Waals surface area (Å²) >= 11 is 1.22. The van der Waals surface area contributed by atoms with Crippen molar-refractivity contribution in [3.05, 3.63) is 5.51 Å². The number of anilines is 1. The third-order valence-corrected chi connectivity index (χ3v) is 1.20. The standard InChI is InChI=1S/C3H4N4OS/c4-2(8)6-3-7-5-1-9-3/h1H,(H3,4,6,7,8). The number of hydrogen-bond acceptors (Lipinski definition) is 4. The summed E-state index contributed by atoms with van der Waals surface area (Å²) in [4.78, 5) is 10.1. The van der Waals surface area contributed by atoms with Crippen LogP contribution < -0.4 is 11.1 Å². The van der Waals surface area contributed by atoms with Crippen LogP contribution in [0.1, 0.15) is 0 Å². The highest BCUT2D eigenvalue weighted by Gasteiger charge is 1.96. The first-order valence-corrected chi connectivity index (χ1v) is 2.99. The molecule has 1 rings (SSSR count). The Morgan fingerprint density at radius 2 is 2.67 bits per heavy atom. The number of urea groups is 1. The molecule has 0 bridgehead atoms. The van der Waals surface area contributed by atoms with Gasteiger partial charge in [-0.3, -0.25) is 5.32 Å². The number of nitrogens with one attached hydrogen (secondary N) is 1. The maximum Gasteiger partial charge on any atom is 0.318 e. The van der Waals surface area contributed by atoms with Crippen molar-refractivity contribution in [1.82, 2.24) is 10.2 Å². The maximum atomic E-state index is 10.1. The number of nitrogens with zero attached hydrogens (tertiary/aromatic N) is 2. The number of aromatic nitrogens is 2. The Morgan fingerprint density at radius 3 is 3.11 bits per heavy atom. The number of nitrogens with two attached hydrogens (primary N) is 1. The lowest BCUT2D eigenvalue weighted by Crippen LogP contribution is -2.18. The lowest BCUT2D eigenvalue weighted by atomic mass is 11.0. The second-order valence-corrected chi connectivity index (χ2v) is 2.07. The molecular weight excluding hydrogens is 140 g/mol. The molecule has 0 aliphatic carbocycles. The molecule has 3 N–H and O–H groups in total. The monoisotopic (exact) mass is 144 g/mol. The van der Waals surface area contributed by atoms with Gasteiger partial charge in [0.05, 0.1) is 0 Å². The van der Waals surface area contributed by atoms with E-state index in [9.17, 15) is 4.79 Å². The number of carbonyl (C=O) groups is 1. The van der Waals surface area contributed by atoms with Crippen molar-refractivity contribution in [2.45, 2.75) is 0 Å². The number of amides is 2. The molecule has 0 saturated heterocycles. The molecule has 0 aliphatic heterocycles. The molecule has 0 atom stereocenters. The molecule has 0 aromatic carbocycles. The minimum Gasteiger partial charge on any atom is -0.351 e. The van der Waals surface area contributed by atoms with E-state index in [0.717, 1.165) is 0 Å². The lowest BCUT2D eigenvalue weighted by molar-refractivity contribution is 0.259. The number of primary amides is 1. The number of hydrogen-bond donors (Lipinski definition) is 2. The maximum absolute atomic E-state index is 10.1. The summed E-state index contributed by atoms with van der Waals surface area (Å²) in [7, 11) is 0. The van der Waals surface area contributed by atoms with Gasteiger partial charge in [-0.15, -0.1) is 10.2 Å². The van der Waals surface area contributed by atoms with Gasteiger partial charge in [0.25, 0.3) is 0 Å². The largest absolute Gasteiger partial charge is 0.351 e. The molecule has 0 radical (unpaired) electrons. The molecule has 1 aromatic heterocycles. The Bertz CT molecular complexity index is 196. The average Bonchev–Trinajstić information content (AvgIpc) is 2.15. The van der Waals surface area contributed by atoms with Crippen LogP contribution in [-0.2, 0) is 0 Å². The van der Waals surface area contributed by atoms with Crippen LogP contribution in [0.15, 0.2) is 5.51 Å². The van der Waals surface area contributed by atoms with Gasteiger partial charge in [-0.25, -0.2) is 4.79 Å². The van der Waals surface area contributed by atoms with Crippen molar-refractivity contribution in [2.24, 2.45) is 5.73 Å². The fourth-order valence-corrected chi connectivity index (χ4v) is 0.781. The van der Waals surface area contributed by atoms with Gasteiger partial charge >= 0.3 is 6.03 Å². The van der Waals surface area contributed by atoms with E-state index in [1.165, 1.54) is 16.8 Å². The van der Waals surface area contributed by atoms with E-state index in [2.05, 4.69) is 15.5 Å². The summed E-state index contributed by atoms with van der Waals surface area (Å²) in [5.41, 5.74) is 6.28. The Balaban J connectivity index is 2.58. The minimum absolute atomic E-state index is 0.419. The topological polar surface area (TPSA) is 80.9 Å². The lowest BCUT2D eigenvalue weighted by Gasteiger charge is -1.89.